The number of para-hydroxylation sites is 1. The second-order valence-electron chi connectivity index (χ2n) is 14.0. The minimum atomic E-state index is -1.10. The molecule has 2 unspecified atom stereocenters. The van der Waals surface area contributed by atoms with Gasteiger partial charge in [0.15, 0.2) is 5.60 Å². The van der Waals surface area contributed by atoms with Crippen molar-refractivity contribution in [2.75, 3.05) is 6.61 Å². The number of benzene rings is 1. The molecule has 2 saturated carbocycles. The molecule has 3 N–H and O–H groups in total. The molecule has 2 aromatic rings. The molecule has 206 valence electrons. The predicted octanol–water partition coefficient (Wildman–Crippen LogP) is 4.95. The van der Waals surface area contributed by atoms with Gasteiger partial charge in [-0.05, 0) is 77.3 Å². The van der Waals surface area contributed by atoms with Crippen LogP contribution in [0.5, 0.6) is 0 Å². The fourth-order valence-electron chi connectivity index (χ4n) is 9.47. The van der Waals surface area contributed by atoms with Gasteiger partial charge in [0.05, 0.1) is 18.3 Å². The monoisotopic (exact) mass is 521 g/mol. The van der Waals surface area contributed by atoms with Gasteiger partial charge in [0, 0.05) is 27.4 Å². The third-order valence-electron chi connectivity index (χ3n) is 11.8. The molecule has 6 heteroatoms. The van der Waals surface area contributed by atoms with E-state index in [-0.39, 0.29) is 11.5 Å². The van der Waals surface area contributed by atoms with E-state index in [9.17, 15) is 10.2 Å². The number of H-pyrrole nitrogens is 1. The normalized spacial score (nSPS) is 45.0. The van der Waals surface area contributed by atoms with Gasteiger partial charge in [0.25, 0.3) is 0 Å². The van der Waals surface area contributed by atoms with Gasteiger partial charge in [-0.1, -0.05) is 43.7 Å². The number of ether oxygens (including phenoxy) is 3. The van der Waals surface area contributed by atoms with E-state index in [2.05, 4.69) is 43.1 Å². The SMILES string of the molecule is CC(C)=CCOC(C)(C)[C@H]1OC2CC[C@]3(C)[C@@]4(C)c5[nH]c6ccccc6c5C[C@@H]4CC[C@@]3(O)C23O[C@@H]3[C@@H]1O. The molecule has 0 amide bonds. The number of aliphatic hydroxyl groups excluding tert-OH is 1. The molecule has 1 aromatic carbocycles. The van der Waals surface area contributed by atoms with Crippen LogP contribution in [0.3, 0.4) is 0 Å². The lowest BCUT2D eigenvalue weighted by molar-refractivity contribution is -0.283. The Morgan fingerprint density at radius 1 is 1.18 bits per heavy atom. The Bertz CT molecular complexity index is 1330. The summed E-state index contributed by atoms with van der Waals surface area (Å²) >= 11 is 0. The lowest BCUT2D eigenvalue weighted by Crippen LogP contribution is -2.76. The van der Waals surface area contributed by atoms with Crippen LogP contribution < -0.4 is 0 Å². The molecule has 3 aliphatic carbocycles. The van der Waals surface area contributed by atoms with Crippen LogP contribution in [0.25, 0.3) is 10.9 Å². The van der Waals surface area contributed by atoms with Crippen LogP contribution in [0.4, 0.5) is 0 Å². The molecule has 4 fully saturated rings. The summed E-state index contributed by atoms with van der Waals surface area (Å²) < 4.78 is 19.4. The molecule has 0 radical (unpaired) electrons. The molecule has 2 aliphatic heterocycles. The van der Waals surface area contributed by atoms with Crippen LogP contribution in [0, 0.1) is 11.3 Å². The van der Waals surface area contributed by atoms with E-state index >= 15 is 0 Å². The molecule has 5 aliphatic rings. The van der Waals surface area contributed by atoms with Crippen LogP contribution in [-0.2, 0) is 26.0 Å². The number of fused-ring (bicyclic) bond motifs is 7. The topological polar surface area (TPSA) is 87.2 Å². The van der Waals surface area contributed by atoms with Gasteiger partial charge in [-0.25, -0.2) is 0 Å². The molecule has 3 heterocycles. The van der Waals surface area contributed by atoms with Crippen LogP contribution in [-0.4, -0.2) is 63.0 Å². The standard InChI is InChI=1S/C32H43NO5/c1-18(2)13-16-36-28(3,4)26-24(34)27-32(38-27)23(37-26)12-14-29(5)30(6)19(11-15-31(29,32)35)17-21-20-9-7-8-10-22(20)33-25(21)30/h7-10,13,19,23-24,26-27,33-35H,11-12,14-17H2,1-6H3/t19-,23?,24+,26-,27+,29+,30+,31-,32?/m0/s1. The highest BCUT2D eigenvalue weighted by atomic mass is 16.7. The molecule has 0 bridgehead atoms. The average molecular weight is 522 g/mol. The number of allylic oxidation sites excluding steroid dienone is 1. The first-order chi connectivity index (χ1) is 17.9. The number of hydrogen-bond donors (Lipinski definition) is 3. The van der Waals surface area contributed by atoms with E-state index in [1.807, 2.05) is 33.8 Å². The Kier molecular flexibility index (Phi) is 5.14. The molecular weight excluding hydrogens is 478 g/mol. The van der Waals surface area contributed by atoms with Crippen molar-refractivity contribution in [3.8, 4) is 0 Å². The molecule has 9 atom stereocenters. The Labute approximate surface area is 225 Å². The zero-order valence-electron chi connectivity index (χ0n) is 23.6. The molecule has 1 spiro atoms. The second-order valence-corrected chi connectivity index (χ2v) is 14.0. The fraction of sp³-hybridized carbons (Fsp3) is 0.688. The molecular formula is C32H43NO5. The number of hydrogen-bond acceptors (Lipinski definition) is 5. The van der Waals surface area contributed by atoms with E-state index in [0.717, 1.165) is 25.7 Å². The molecule has 38 heavy (non-hydrogen) atoms. The number of rotatable bonds is 4. The van der Waals surface area contributed by atoms with Crippen LogP contribution >= 0.6 is 0 Å². The van der Waals surface area contributed by atoms with Crippen molar-refractivity contribution >= 4 is 10.9 Å². The van der Waals surface area contributed by atoms with E-state index < -0.39 is 40.5 Å². The van der Waals surface area contributed by atoms with Gasteiger partial charge < -0.3 is 29.4 Å². The van der Waals surface area contributed by atoms with Crippen LogP contribution in [0.15, 0.2) is 35.9 Å². The highest BCUT2D eigenvalue weighted by Crippen LogP contribution is 2.75. The lowest BCUT2D eigenvalue weighted by Gasteiger charge is -2.66. The largest absolute Gasteiger partial charge is 0.387 e. The van der Waals surface area contributed by atoms with Gasteiger partial charge >= 0.3 is 0 Å². The Hall–Kier alpha value is -1.70. The van der Waals surface area contributed by atoms with Crippen molar-refractivity contribution in [2.24, 2.45) is 11.3 Å². The Morgan fingerprint density at radius 2 is 1.95 bits per heavy atom. The summed E-state index contributed by atoms with van der Waals surface area (Å²) in [4.78, 5) is 3.80. The third-order valence-corrected chi connectivity index (χ3v) is 11.8. The minimum Gasteiger partial charge on any atom is -0.387 e. The van der Waals surface area contributed by atoms with E-state index in [4.69, 9.17) is 14.2 Å². The fourth-order valence-corrected chi connectivity index (χ4v) is 9.47. The smallest absolute Gasteiger partial charge is 0.152 e. The van der Waals surface area contributed by atoms with Gasteiger partial charge in [-0.3, -0.25) is 0 Å². The zero-order chi connectivity index (χ0) is 26.9. The van der Waals surface area contributed by atoms with Crippen molar-refractivity contribution < 1.29 is 24.4 Å². The summed E-state index contributed by atoms with van der Waals surface area (Å²) in [6, 6.07) is 8.59. The highest BCUT2D eigenvalue weighted by Gasteiger charge is 2.86. The highest BCUT2D eigenvalue weighted by molar-refractivity contribution is 5.86. The van der Waals surface area contributed by atoms with Crippen molar-refractivity contribution in [3.63, 3.8) is 0 Å². The molecule has 1 aromatic heterocycles. The van der Waals surface area contributed by atoms with Crippen molar-refractivity contribution in [2.45, 2.75) is 120 Å². The first-order valence-electron chi connectivity index (χ1n) is 14.5. The van der Waals surface area contributed by atoms with Crippen molar-refractivity contribution in [1.29, 1.82) is 0 Å². The number of aromatic nitrogens is 1. The summed E-state index contributed by atoms with van der Waals surface area (Å²) in [5.41, 5.74) is 1.76. The summed E-state index contributed by atoms with van der Waals surface area (Å²) in [5.74, 6) is 0.466. The van der Waals surface area contributed by atoms with Gasteiger partial charge in [0.1, 0.15) is 23.9 Å². The first-order valence-corrected chi connectivity index (χ1v) is 14.5. The van der Waals surface area contributed by atoms with Crippen molar-refractivity contribution in [1.82, 2.24) is 4.98 Å². The zero-order valence-corrected chi connectivity index (χ0v) is 23.6. The van der Waals surface area contributed by atoms with Gasteiger partial charge in [-0.2, -0.15) is 0 Å². The second kappa shape index (κ2) is 7.73. The maximum Gasteiger partial charge on any atom is 0.152 e. The molecule has 7 rings (SSSR count). The number of aromatic amines is 1. The number of aliphatic hydroxyl groups is 2. The summed E-state index contributed by atoms with van der Waals surface area (Å²) in [7, 11) is 0. The lowest BCUT2D eigenvalue weighted by atomic mass is 9.40. The molecule has 2 saturated heterocycles. The maximum absolute atomic E-state index is 12.9. The van der Waals surface area contributed by atoms with E-state index in [1.54, 1.807) is 0 Å². The number of nitrogens with one attached hydrogen (secondary N) is 1. The third kappa shape index (κ3) is 2.81. The predicted molar refractivity (Wildman–Crippen MR) is 146 cm³/mol. The average Bonchev–Trinajstić information content (AvgIpc) is 3.44. The van der Waals surface area contributed by atoms with Crippen LogP contribution in [0.1, 0.15) is 78.5 Å². The summed E-state index contributed by atoms with van der Waals surface area (Å²) in [5, 5.41) is 25.8. The van der Waals surface area contributed by atoms with Crippen LogP contribution in [0.2, 0.25) is 0 Å². The van der Waals surface area contributed by atoms with Gasteiger partial charge in [-0.15, -0.1) is 0 Å². The maximum atomic E-state index is 12.9. The quantitative estimate of drug-likeness (QED) is 0.392. The van der Waals surface area contributed by atoms with E-state index in [1.165, 1.54) is 27.7 Å². The molecule has 6 nitrogen and oxygen atoms in total. The number of epoxide rings is 1. The summed E-state index contributed by atoms with van der Waals surface area (Å²) in [6.45, 7) is 13.2. The Balaban J connectivity index is 1.25. The first kappa shape index (κ1) is 25.3. The minimum absolute atomic E-state index is 0.223. The van der Waals surface area contributed by atoms with Crippen molar-refractivity contribution in [3.05, 3.63) is 47.2 Å². The Morgan fingerprint density at radius 3 is 2.71 bits per heavy atom. The van der Waals surface area contributed by atoms with E-state index in [0.29, 0.717) is 18.9 Å². The summed E-state index contributed by atoms with van der Waals surface area (Å²) in [6.07, 6.45) is 4.21. The van der Waals surface area contributed by atoms with Gasteiger partial charge in [0.2, 0.25) is 0 Å².